The largest absolute Gasteiger partial charge is 0.360 e. The minimum absolute atomic E-state index is 0.129. The van der Waals surface area contributed by atoms with Gasteiger partial charge in [-0.15, -0.1) is 0 Å². The van der Waals surface area contributed by atoms with Crippen molar-refractivity contribution in [2.75, 3.05) is 18.4 Å². The van der Waals surface area contributed by atoms with E-state index in [0.29, 0.717) is 35.8 Å². The topological polar surface area (TPSA) is 92.5 Å². The van der Waals surface area contributed by atoms with Gasteiger partial charge in [0.05, 0.1) is 4.90 Å². The van der Waals surface area contributed by atoms with Gasteiger partial charge >= 0.3 is 0 Å². The fourth-order valence-electron chi connectivity index (χ4n) is 3.07. The van der Waals surface area contributed by atoms with Crippen LogP contribution in [0.25, 0.3) is 11.3 Å². The van der Waals surface area contributed by atoms with Crippen LogP contribution in [-0.2, 0) is 10.0 Å². The summed E-state index contributed by atoms with van der Waals surface area (Å²) < 4.78 is 32.1. The first-order chi connectivity index (χ1) is 13.9. The molecule has 3 aromatic rings. The normalized spacial score (nSPS) is 11.6. The van der Waals surface area contributed by atoms with E-state index in [0.717, 1.165) is 5.56 Å². The summed E-state index contributed by atoms with van der Waals surface area (Å²) in [5.74, 6) is -0.0340. The first-order valence-electron chi connectivity index (χ1n) is 9.31. The number of hydrogen-bond donors (Lipinski definition) is 1. The van der Waals surface area contributed by atoms with Crippen molar-refractivity contribution in [3.8, 4) is 11.3 Å². The molecule has 0 aliphatic heterocycles. The lowest BCUT2D eigenvalue weighted by Gasteiger charge is -2.18. The van der Waals surface area contributed by atoms with Crippen molar-refractivity contribution in [1.82, 2.24) is 9.46 Å². The zero-order valence-corrected chi connectivity index (χ0v) is 17.4. The molecule has 0 aliphatic carbocycles. The third kappa shape index (κ3) is 4.23. The Balaban J connectivity index is 1.91. The first kappa shape index (κ1) is 20.8. The van der Waals surface area contributed by atoms with Crippen molar-refractivity contribution >= 4 is 21.6 Å². The first-order valence-corrected chi connectivity index (χ1v) is 10.8. The number of aromatic nitrogens is 1. The molecule has 0 atom stereocenters. The summed E-state index contributed by atoms with van der Waals surface area (Å²) in [6.45, 7) is 5.97. The smallest absolute Gasteiger partial charge is 0.261 e. The van der Waals surface area contributed by atoms with E-state index in [4.69, 9.17) is 4.52 Å². The number of anilines is 1. The minimum atomic E-state index is -3.62. The van der Waals surface area contributed by atoms with Crippen molar-refractivity contribution in [1.29, 1.82) is 0 Å². The lowest BCUT2D eigenvalue weighted by Crippen LogP contribution is -2.30. The number of benzene rings is 2. The van der Waals surface area contributed by atoms with Crippen molar-refractivity contribution in [3.63, 3.8) is 0 Å². The van der Waals surface area contributed by atoms with E-state index in [1.165, 1.54) is 16.4 Å². The van der Waals surface area contributed by atoms with Crippen LogP contribution in [-0.4, -0.2) is 36.9 Å². The highest BCUT2D eigenvalue weighted by Gasteiger charge is 2.24. The number of sulfonamides is 1. The summed E-state index contributed by atoms with van der Waals surface area (Å²) in [4.78, 5) is 13.1. The molecule has 3 rings (SSSR count). The highest BCUT2D eigenvalue weighted by atomic mass is 32.2. The van der Waals surface area contributed by atoms with Gasteiger partial charge in [0.2, 0.25) is 10.0 Å². The average Bonchev–Trinajstić information content (AvgIpc) is 3.11. The Kier molecular flexibility index (Phi) is 6.14. The second kappa shape index (κ2) is 8.59. The fourth-order valence-corrected chi connectivity index (χ4v) is 4.58. The average molecular weight is 413 g/mol. The molecule has 0 aliphatic rings. The molecule has 29 heavy (non-hydrogen) atoms. The lowest BCUT2D eigenvalue weighted by atomic mass is 10.1. The van der Waals surface area contributed by atoms with Crippen LogP contribution in [0.3, 0.4) is 0 Å². The molecule has 0 fully saturated rings. The molecule has 0 radical (unpaired) electrons. The fraction of sp³-hybridized carbons (Fsp3) is 0.238. The van der Waals surface area contributed by atoms with Crippen LogP contribution in [0.15, 0.2) is 64.0 Å². The highest BCUT2D eigenvalue weighted by molar-refractivity contribution is 7.89. The van der Waals surface area contributed by atoms with Gasteiger partial charge in [-0.3, -0.25) is 4.79 Å². The van der Waals surface area contributed by atoms with Crippen molar-refractivity contribution in [3.05, 3.63) is 65.9 Å². The van der Waals surface area contributed by atoms with Crippen LogP contribution >= 0.6 is 0 Å². The van der Waals surface area contributed by atoms with Crippen LogP contribution < -0.4 is 5.32 Å². The van der Waals surface area contributed by atoms with Crippen LogP contribution in [0, 0.1) is 6.92 Å². The molecule has 1 amide bonds. The van der Waals surface area contributed by atoms with E-state index in [2.05, 4.69) is 10.5 Å². The number of carbonyl (C=O) groups excluding carboxylic acids is 1. The standard InChI is InChI=1S/C21H23N3O4S/c1-4-24(5-2)29(26,27)18-13-9-12-17(14-18)22-21(25)19-15(3)28-23-20(19)16-10-7-6-8-11-16/h6-14H,4-5H2,1-3H3,(H,22,25). The molecule has 1 heterocycles. The van der Waals surface area contributed by atoms with Crippen molar-refractivity contribution in [2.45, 2.75) is 25.7 Å². The summed E-state index contributed by atoms with van der Waals surface area (Å²) in [5, 5.41) is 6.77. The summed E-state index contributed by atoms with van der Waals surface area (Å²) in [7, 11) is -3.62. The molecular weight excluding hydrogens is 390 g/mol. The molecule has 0 spiro atoms. The lowest BCUT2D eigenvalue weighted by molar-refractivity contribution is 0.102. The van der Waals surface area contributed by atoms with E-state index in [1.54, 1.807) is 32.9 Å². The van der Waals surface area contributed by atoms with Gasteiger partial charge in [0, 0.05) is 24.3 Å². The number of hydrogen-bond acceptors (Lipinski definition) is 5. The molecule has 0 saturated heterocycles. The number of rotatable bonds is 7. The zero-order chi connectivity index (χ0) is 21.0. The maximum absolute atomic E-state index is 12.9. The van der Waals surface area contributed by atoms with E-state index < -0.39 is 15.9 Å². The number of aryl methyl sites for hydroxylation is 1. The summed E-state index contributed by atoms with van der Waals surface area (Å²) >= 11 is 0. The predicted octanol–water partition coefficient (Wildman–Crippen LogP) is 3.93. The van der Waals surface area contributed by atoms with Crippen LogP contribution in [0.2, 0.25) is 0 Å². The number of nitrogens with one attached hydrogen (secondary N) is 1. The summed E-state index contributed by atoms with van der Waals surface area (Å²) in [6, 6.07) is 15.5. The molecular formula is C21H23N3O4S. The molecule has 1 aromatic heterocycles. The maximum Gasteiger partial charge on any atom is 0.261 e. The third-order valence-electron chi connectivity index (χ3n) is 4.57. The molecule has 0 saturated carbocycles. The number of amides is 1. The Hall–Kier alpha value is -2.97. The van der Waals surface area contributed by atoms with Gasteiger partial charge in [-0.1, -0.05) is 55.4 Å². The van der Waals surface area contributed by atoms with Crippen LogP contribution in [0.1, 0.15) is 30.0 Å². The minimum Gasteiger partial charge on any atom is -0.360 e. The zero-order valence-electron chi connectivity index (χ0n) is 16.5. The molecule has 8 heteroatoms. The predicted molar refractivity (Wildman–Crippen MR) is 111 cm³/mol. The second-order valence-electron chi connectivity index (χ2n) is 6.40. The molecule has 152 valence electrons. The van der Waals surface area contributed by atoms with E-state index in [1.807, 2.05) is 30.3 Å². The van der Waals surface area contributed by atoms with Crippen molar-refractivity contribution < 1.29 is 17.7 Å². The molecule has 7 nitrogen and oxygen atoms in total. The summed E-state index contributed by atoms with van der Waals surface area (Å²) in [6.07, 6.45) is 0. The van der Waals surface area contributed by atoms with Gasteiger partial charge in [0.25, 0.3) is 5.91 Å². The van der Waals surface area contributed by atoms with Gasteiger partial charge in [0.15, 0.2) is 0 Å². The Morgan fingerprint density at radius 2 is 1.76 bits per heavy atom. The third-order valence-corrected chi connectivity index (χ3v) is 6.62. The quantitative estimate of drug-likeness (QED) is 0.633. The van der Waals surface area contributed by atoms with Gasteiger partial charge < -0.3 is 9.84 Å². The van der Waals surface area contributed by atoms with Crippen LogP contribution in [0.5, 0.6) is 0 Å². The Bertz CT molecular complexity index is 1100. The van der Waals surface area contributed by atoms with E-state index in [-0.39, 0.29) is 4.90 Å². The van der Waals surface area contributed by atoms with Crippen LogP contribution in [0.4, 0.5) is 5.69 Å². The Labute approximate surface area is 170 Å². The SMILES string of the molecule is CCN(CC)S(=O)(=O)c1cccc(NC(=O)c2c(-c3ccccc3)noc2C)c1. The molecule has 1 N–H and O–H groups in total. The van der Waals surface area contributed by atoms with Gasteiger partial charge in [0.1, 0.15) is 17.0 Å². The molecule has 2 aromatic carbocycles. The Morgan fingerprint density at radius 3 is 2.41 bits per heavy atom. The number of nitrogens with zero attached hydrogens (tertiary/aromatic N) is 2. The maximum atomic E-state index is 12.9. The molecule has 0 bridgehead atoms. The van der Waals surface area contributed by atoms with Crippen molar-refractivity contribution in [2.24, 2.45) is 0 Å². The highest BCUT2D eigenvalue weighted by Crippen LogP contribution is 2.26. The van der Waals surface area contributed by atoms with Gasteiger partial charge in [-0.2, -0.15) is 4.31 Å². The Morgan fingerprint density at radius 1 is 1.07 bits per heavy atom. The second-order valence-corrected chi connectivity index (χ2v) is 8.34. The van der Waals surface area contributed by atoms with E-state index >= 15 is 0 Å². The number of carbonyl (C=O) groups is 1. The van der Waals surface area contributed by atoms with Gasteiger partial charge in [-0.05, 0) is 25.1 Å². The monoisotopic (exact) mass is 413 g/mol. The van der Waals surface area contributed by atoms with E-state index in [9.17, 15) is 13.2 Å². The summed E-state index contributed by atoms with van der Waals surface area (Å²) in [5.41, 5.74) is 1.89. The molecule has 0 unspecified atom stereocenters. The van der Waals surface area contributed by atoms with Gasteiger partial charge in [-0.25, -0.2) is 8.42 Å².